The van der Waals surface area contributed by atoms with Crippen LogP contribution in [0, 0.1) is 0 Å². The van der Waals surface area contributed by atoms with E-state index in [1.807, 2.05) is 0 Å². The highest BCUT2D eigenvalue weighted by atomic mass is 16.6. The Morgan fingerprint density at radius 3 is 0.986 bits per heavy atom. The maximum atomic E-state index is 12.9. The first-order chi connectivity index (χ1) is 34.0. The van der Waals surface area contributed by atoms with Crippen LogP contribution in [0.1, 0.15) is 290 Å². The predicted molar refractivity (Wildman–Crippen MR) is 298 cm³/mol. The van der Waals surface area contributed by atoms with Gasteiger partial charge in [0.15, 0.2) is 6.10 Å². The van der Waals surface area contributed by atoms with E-state index in [4.69, 9.17) is 14.2 Å². The third-order valence-corrected chi connectivity index (χ3v) is 12.7. The van der Waals surface area contributed by atoms with E-state index in [0.717, 1.165) is 96.3 Å². The van der Waals surface area contributed by atoms with Crippen molar-refractivity contribution in [3.63, 3.8) is 0 Å². The molecular weight excluding hydrogens is 853 g/mol. The van der Waals surface area contributed by atoms with Crippen molar-refractivity contribution < 1.29 is 28.6 Å². The fraction of sp³-hybridized carbons (Fsp3) is 0.762. The smallest absolute Gasteiger partial charge is 0.306 e. The van der Waals surface area contributed by atoms with Crippen LogP contribution >= 0.6 is 0 Å². The maximum Gasteiger partial charge on any atom is 0.306 e. The van der Waals surface area contributed by atoms with E-state index in [1.165, 1.54) is 154 Å². The Morgan fingerprint density at radius 2 is 0.609 bits per heavy atom. The van der Waals surface area contributed by atoms with Crippen LogP contribution in [0.3, 0.4) is 0 Å². The number of unbranched alkanes of at least 4 members (excludes halogenated alkanes) is 32. The van der Waals surface area contributed by atoms with Crippen molar-refractivity contribution in [2.24, 2.45) is 0 Å². The average molecular weight is 964 g/mol. The molecule has 6 heteroatoms. The first kappa shape index (κ1) is 65.8. The van der Waals surface area contributed by atoms with E-state index in [0.29, 0.717) is 19.3 Å². The summed E-state index contributed by atoms with van der Waals surface area (Å²) < 4.78 is 16.9. The molecule has 0 aliphatic heterocycles. The first-order valence-corrected chi connectivity index (χ1v) is 29.5. The molecule has 0 amide bonds. The van der Waals surface area contributed by atoms with Crippen LogP contribution in [0.5, 0.6) is 0 Å². The molecule has 0 aliphatic carbocycles. The second-order valence-electron chi connectivity index (χ2n) is 19.6. The van der Waals surface area contributed by atoms with Gasteiger partial charge in [0.05, 0.1) is 0 Å². The molecule has 0 aromatic carbocycles. The summed E-state index contributed by atoms with van der Waals surface area (Å²) in [6.07, 6.45) is 73.2. The molecule has 0 saturated heterocycles. The van der Waals surface area contributed by atoms with E-state index in [9.17, 15) is 14.4 Å². The number of carbonyl (C=O) groups excluding carboxylic acids is 3. The molecule has 398 valence electrons. The lowest BCUT2D eigenvalue weighted by atomic mass is 10.1. The van der Waals surface area contributed by atoms with Gasteiger partial charge in [-0.1, -0.05) is 248 Å². The predicted octanol–water partition coefficient (Wildman–Crippen LogP) is 19.8. The highest BCUT2D eigenvalue weighted by molar-refractivity contribution is 5.71. The van der Waals surface area contributed by atoms with Crippen LogP contribution in [0.15, 0.2) is 72.9 Å². The van der Waals surface area contributed by atoms with Crippen LogP contribution in [-0.4, -0.2) is 37.2 Å². The fourth-order valence-corrected chi connectivity index (χ4v) is 8.29. The Hall–Kier alpha value is -3.15. The zero-order valence-electron chi connectivity index (χ0n) is 45.6. The molecule has 0 saturated carbocycles. The number of allylic oxidation sites excluding steroid dienone is 12. The monoisotopic (exact) mass is 963 g/mol. The lowest BCUT2D eigenvalue weighted by molar-refractivity contribution is -0.167. The molecule has 0 aromatic rings. The molecule has 1 atom stereocenters. The highest BCUT2D eigenvalue weighted by Crippen LogP contribution is 2.15. The summed E-state index contributed by atoms with van der Waals surface area (Å²) in [5.74, 6) is -0.903. The molecule has 0 heterocycles. The van der Waals surface area contributed by atoms with Crippen molar-refractivity contribution in [1.29, 1.82) is 0 Å². The molecule has 0 spiro atoms. The zero-order valence-corrected chi connectivity index (χ0v) is 45.6. The molecular formula is C63H110O6. The second-order valence-corrected chi connectivity index (χ2v) is 19.6. The molecule has 0 aromatic heterocycles. The van der Waals surface area contributed by atoms with Gasteiger partial charge in [-0.25, -0.2) is 0 Å². The normalized spacial score (nSPS) is 12.6. The van der Waals surface area contributed by atoms with E-state index < -0.39 is 6.10 Å². The molecule has 69 heavy (non-hydrogen) atoms. The molecule has 0 rings (SSSR count). The van der Waals surface area contributed by atoms with Gasteiger partial charge in [0.1, 0.15) is 13.2 Å². The Bertz CT molecular complexity index is 1290. The SMILES string of the molecule is CC/C=C\C/C=C\CCCCCCCCCC(=O)OCC(COC(=O)CCCCCCCCCCCC/C=C\C=C/CCCCC)OC(=O)CCCCCCC/C=C\C=C/CCCCCCCCC. The number of esters is 3. The Balaban J connectivity index is 4.40. The van der Waals surface area contributed by atoms with Crippen molar-refractivity contribution in [2.75, 3.05) is 13.2 Å². The summed E-state index contributed by atoms with van der Waals surface area (Å²) in [7, 11) is 0. The average Bonchev–Trinajstić information content (AvgIpc) is 3.35. The topological polar surface area (TPSA) is 78.9 Å². The van der Waals surface area contributed by atoms with Gasteiger partial charge in [0, 0.05) is 19.3 Å². The van der Waals surface area contributed by atoms with Gasteiger partial charge in [-0.2, -0.15) is 0 Å². The van der Waals surface area contributed by atoms with Crippen LogP contribution < -0.4 is 0 Å². The summed E-state index contributed by atoms with van der Waals surface area (Å²) >= 11 is 0. The quantitative estimate of drug-likeness (QED) is 0.0199. The molecule has 0 radical (unpaired) electrons. The zero-order chi connectivity index (χ0) is 50.0. The minimum Gasteiger partial charge on any atom is -0.462 e. The number of hydrogen-bond acceptors (Lipinski definition) is 6. The largest absolute Gasteiger partial charge is 0.462 e. The van der Waals surface area contributed by atoms with Crippen LogP contribution in [0.4, 0.5) is 0 Å². The maximum absolute atomic E-state index is 12.9. The first-order valence-electron chi connectivity index (χ1n) is 29.5. The number of hydrogen-bond donors (Lipinski definition) is 0. The van der Waals surface area contributed by atoms with Crippen molar-refractivity contribution in [2.45, 2.75) is 297 Å². The van der Waals surface area contributed by atoms with Gasteiger partial charge >= 0.3 is 17.9 Å². The summed E-state index contributed by atoms with van der Waals surface area (Å²) in [4.78, 5) is 38.2. The Labute approximate surface area is 427 Å². The van der Waals surface area contributed by atoms with Crippen LogP contribution in [-0.2, 0) is 28.6 Å². The highest BCUT2D eigenvalue weighted by Gasteiger charge is 2.19. The minimum absolute atomic E-state index is 0.0855. The summed E-state index contributed by atoms with van der Waals surface area (Å²) in [5.41, 5.74) is 0. The van der Waals surface area contributed by atoms with E-state index in [1.54, 1.807) is 0 Å². The molecule has 0 aliphatic rings. The van der Waals surface area contributed by atoms with Gasteiger partial charge in [-0.3, -0.25) is 14.4 Å². The summed E-state index contributed by atoms with van der Waals surface area (Å²) in [6, 6.07) is 0. The number of carbonyl (C=O) groups is 3. The van der Waals surface area contributed by atoms with E-state index in [-0.39, 0.29) is 31.1 Å². The Kier molecular flexibility index (Phi) is 54.8. The summed E-state index contributed by atoms with van der Waals surface area (Å²) in [5, 5.41) is 0. The standard InChI is InChI=1S/C63H110O6/c1-4-7-10-13-16-19-22-25-28-30-32-34-35-38-41-44-47-50-53-56-62(65)68-59-60(58-67-61(64)55-52-49-46-43-40-37-27-24-21-18-15-12-9-6-3)69-63(66)57-54-51-48-45-42-39-36-33-31-29-26-23-20-17-14-11-8-5-2/h9,12,16,18-19,21-22,25,29,31,33,36,60H,4-8,10-11,13-15,17,20,23-24,26-28,30,32,34-35,37-59H2,1-3H3/b12-9-,19-16-,21-18-,25-22-,31-29-,36-33-. The lowest BCUT2D eigenvalue weighted by Gasteiger charge is -2.18. The summed E-state index contributed by atoms with van der Waals surface area (Å²) in [6.45, 7) is 6.50. The third-order valence-electron chi connectivity index (χ3n) is 12.7. The van der Waals surface area contributed by atoms with Crippen molar-refractivity contribution in [3.05, 3.63) is 72.9 Å². The third kappa shape index (κ3) is 55.6. The molecule has 1 unspecified atom stereocenters. The number of rotatable bonds is 53. The fourth-order valence-electron chi connectivity index (χ4n) is 8.29. The van der Waals surface area contributed by atoms with Gasteiger partial charge in [-0.05, 0) is 96.3 Å². The van der Waals surface area contributed by atoms with Gasteiger partial charge in [0.2, 0.25) is 0 Å². The van der Waals surface area contributed by atoms with Gasteiger partial charge in [0.25, 0.3) is 0 Å². The molecule has 0 bridgehead atoms. The number of ether oxygens (including phenoxy) is 3. The lowest BCUT2D eigenvalue weighted by Crippen LogP contribution is -2.30. The van der Waals surface area contributed by atoms with Gasteiger partial charge in [-0.15, -0.1) is 0 Å². The Morgan fingerprint density at radius 1 is 0.319 bits per heavy atom. The van der Waals surface area contributed by atoms with E-state index in [2.05, 4.69) is 93.7 Å². The molecule has 6 nitrogen and oxygen atoms in total. The van der Waals surface area contributed by atoms with Crippen LogP contribution in [0.25, 0.3) is 0 Å². The molecule has 0 fully saturated rings. The minimum atomic E-state index is -0.789. The van der Waals surface area contributed by atoms with Gasteiger partial charge < -0.3 is 14.2 Å². The van der Waals surface area contributed by atoms with Crippen LogP contribution in [0.2, 0.25) is 0 Å². The van der Waals surface area contributed by atoms with Crippen molar-refractivity contribution in [3.8, 4) is 0 Å². The van der Waals surface area contributed by atoms with Crippen molar-refractivity contribution in [1.82, 2.24) is 0 Å². The van der Waals surface area contributed by atoms with Crippen molar-refractivity contribution >= 4 is 17.9 Å². The van der Waals surface area contributed by atoms with E-state index >= 15 is 0 Å². The molecule has 0 N–H and O–H groups in total. The second kappa shape index (κ2) is 57.4.